The van der Waals surface area contributed by atoms with E-state index in [1.807, 2.05) is 0 Å². The summed E-state index contributed by atoms with van der Waals surface area (Å²) in [7, 11) is 0. The van der Waals surface area contributed by atoms with Crippen molar-refractivity contribution in [2.45, 2.75) is 13.1 Å². The van der Waals surface area contributed by atoms with Crippen LogP contribution in [0.25, 0.3) is 11.1 Å². The van der Waals surface area contributed by atoms with Gasteiger partial charge in [0.15, 0.2) is 0 Å². The van der Waals surface area contributed by atoms with Gasteiger partial charge in [-0.2, -0.15) is 13.2 Å². The third-order valence-corrected chi connectivity index (χ3v) is 2.94. The van der Waals surface area contributed by atoms with Gasteiger partial charge in [-0.05, 0) is 47.9 Å². The highest BCUT2D eigenvalue weighted by Gasteiger charge is 2.30. The van der Waals surface area contributed by atoms with Gasteiger partial charge in [-0.15, -0.1) is 0 Å². The zero-order valence-corrected chi connectivity index (χ0v) is 10.3. The molecule has 0 saturated heterocycles. The standard InChI is InChI=1S/C14H10ClF3/c1-9-5-6-11(14(16,17)18)8-13(9)10-3-2-4-12(15)7-10/h2-8H,1H3. The van der Waals surface area contributed by atoms with Gasteiger partial charge in [0, 0.05) is 5.02 Å². The van der Waals surface area contributed by atoms with Gasteiger partial charge < -0.3 is 0 Å². The Morgan fingerprint density at radius 1 is 1.00 bits per heavy atom. The molecule has 4 heteroatoms. The average Bonchev–Trinajstić information content (AvgIpc) is 2.28. The maximum atomic E-state index is 12.7. The zero-order chi connectivity index (χ0) is 13.3. The second-order valence-corrected chi connectivity index (χ2v) is 4.47. The molecule has 0 aliphatic rings. The van der Waals surface area contributed by atoms with Crippen molar-refractivity contribution in [1.82, 2.24) is 0 Å². The van der Waals surface area contributed by atoms with E-state index in [1.54, 1.807) is 31.2 Å². The first-order valence-corrected chi connectivity index (χ1v) is 5.69. The highest BCUT2D eigenvalue weighted by molar-refractivity contribution is 6.30. The molecule has 0 amide bonds. The molecule has 0 nitrogen and oxygen atoms in total. The topological polar surface area (TPSA) is 0 Å². The van der Waals surface area contributed by atoms with Crippen LogP contribution < -0.4 is 0 Å². The van der Waals surface area contributed by atoms with Gasteiger partial charge in [-0.25, -0.2) is 0 Å². The minimum absolute atomic E-state index is 0.504. The fourth-order valence-corrected chi connectivity index (χ4v) is 1.96. The Morgan fingerprint density at radius 2 is 1.72 bits per heavy atom. The molecule has 2 aromatic rings. The molecule has 18 heavy (non-hydrogen) atoms. The number of rotatable bonds is 1. The van der Waals surface area contributed by atoms with Gasteiger partial charge in [0.05, 0.1) is 5.56 Å². The Hall–Kier alpha value is -1.48. The van der Waals surface area contributed by atoms with Crippen molar-refractivity contribution in [3.8, 4) is 11.1 Å². The summed E-state index contributed by atoms with van der Waals surface area (Å²) in [4.78, 5) is 0. The van der Waals surface area contributed by atoms with Crippen LogP contribution in [0.3, 0.4) is 0 Å². The van der Waals surface area contributed by atoms with Gasteiger partial charge in [0.1, 0.15) is 0 Å². The summed E-state index contributed by atoms with van der Waals surface area (Å²) in [5.74, 6) is 0. The van der Waals surface area contributed by atoms with Crippen molar-refractivity contribution >= 4 is 11.6 Å². The summed E-state index contributed by atoms with van der Waals surface area (Å²) < 4.78 is 38.0. The van der Waals surface area contributed by atoms with E-state index in [1.165, 1.54) is 6.07 Å². The van der Waals surface area contributed by atoms with Crippen LogP contribution in [-0.2, 0) is 6.18 Å². The number of hydrogen-bond acceptors (Lipinski definition) is 0. The Balaban J connectivity index is 2.57. The van der Waals surface area contributed by atoms with Crippen molar-refractivity contribution in [2.75, 3.05) is 0 Å². The lowest BCUT2D eigenvalue weighted by Gasteiger charge is -2.11. The number of benzene rings is 2. The lowest BCUT2D eigenvalue weighted by molar-refractivity contribution is -0.137. The Bertz CT molecular complexity index is 573. The van der Waals surface area contributed by atoms with Crippen molar-refractivity contribution in [3.63, 3.8) is 0 Å². The summed E-state index contributed by atoms with van der Waals surface area (Å²) in [5.41, 5.74) is 1.37. The molecule has 0 spiro atoms. The molecular formula is C14H10ClF3. The predicted octanol–water partition coefficient (Wildman–Crippen LogP) is 5.33. The normalized spacial score (nSPS) is 11.6. The first-order valence-electron chi connectivity index (χ1n) is 5.32. The molecule has 0 aliphatic carbocycles. The molecule has 0 unspecified atom stereocenters. The summed E-state index contributed by atoms with van der Waals surface area (Å²) in [6, 6.07) is 10.5. The van der Waals surface area contributed by atoms with Gasteiger partial charge in [-0.3, -0.25) is 0 Å². The molecule has 0 bridgehead atoms. The smallest absolute Gasteiger partial charge is 0.166 e. The largest absolute Gasteiger partial charge is 0.416 e. The minimum atomic E-state index is -4.33. The maximum absolute atomic E-state index is 12.7. The van der Waals surface area contributed by atoms with Crippen LogP contribution in [0.1, 0.15) is 11.1 Å². The third-order valence-electron chi connectivity index (χ3n) is 2.70. The van der Waals surface area contributed by atoms with Crippen LogP contribution in [0.15, 0.2) is 42.5 Å². The van der Waals surface area contributed by atoms with Crippen molar-refractivity contribution in [2.24, 2.45) is 0 Å². The van der Waals surface area contributed by atoms with Crippen LogP contribution in [0.2, 0.25) is 5.02 Å². The van der Waals surface area contributed by atoms with Gasteiger partial charge in [0.25, 0.3) is 0 Å². The molecular weight excluding hydrogens is 261 g/mol. The molecule has 0 radical (unpaired) electrons. The maximum Gasteiger partial charge on any atom is 0.416 e. The van der Waals surface area contributed by atoms with E-state index >= 15 is 0 Å². The van der Waals surface area contributed by atoms with Crippen LogP contribution >= 0.6 is 11.6 Å². The number of aryl methyl sites for hydroxylation is 1. The Kier molecular flexibility index (Phi) is 3.35. The molecule has 0 atom stereocenters. The molecule has 2 aromatic carbocycles. The van der Waals surface area contributed by atoms with Crippen molar-refractivity contribution < 1.29 is 13.2 Å². The summed E-state index contributed by atoms with van der Waals surface area (Å²) in [6.07, 6.45) is -4.33. The Morgan fingerprint density at radius 3 is 2.33 bits per heavy atom. The van der Waals surface area contributed by atoms with Crippen LogP contribution in [-0.4, -0.2) is 0 Å². The molecule has 2 rings (SSSR count). The van der Waals surface area contributed by atoms with Crippen LogP contribution in [0.4, 0.5) is 13.2 Å². The monoisotopic (exact) mass is 270 g/mol. The predicted molar refractivity (Wildman–Crippen MR) is 66.6 cm³/mol. The SMILES string of the molecule is Cc1ccc(C(F)(F)F)cc1-c1cccc(Cl)c1. The molecule has 0 fully saturated rings. The second-order valence-electron chi connectivity index (χ2n) is 4.04. The van der Waals surface area contributed by atoms with Gasteiger partial charge in [0.2, 0.25) is 0 Å². The van der Waals surface area contributed by atoms with E-state index in [9.17, 15) is 13.2 Å². The summed E-state index contributed by atoms with van der Waals surface area (Å²) >= 11 is 5.85. The molecule has 0 saturated carbocycles. The zero-order valence-electron chi connectivity index (χ0n) is 9.55. The fourth-order valence-electron chi connectivity index (χ4n) is 1.77. The molecule has 94 valence electrons. The van der Waals surface area contributed by atoms with Crippen molar-refractivity contribution in [1.29, 1.82) is 0 Å². The number of hydrogen-bond donors (Lipinski definition) is 0. The third kappa shape index (κ3) is 2.67. The first-order chi connectivity index (χ1) is 8.38. The van der Waals surface area contributed by atoms with Gasteiger partial charge in [-0.1, -0.05) is 29.8 Å². The van der Waals surface area contributed by atoms with E-state index in [2.05, 4.69) is 0 Å². The van der Waals surface area contributed by atoms with Crippen LogP contribution in [0.5, 0.6) is 0 Å². The van der Waals surface area contributed by atoms with E-state index in [-0.39, 0.29) is 0 Å². The summed E-state index contributed by atoms with van der Waals surface area (Å²) in [6.45, 7) is 1.77. The lowest BCUT2D eigenvalue weighted by atomic mass is 9.98. The van der Waals surface area contributed by atoms with E-state index in [4.69, 9.17) is 11.6 Å². The minimum Gasteiger partial charge on any atom is -0.166 e. The second kappa shape index (κ2) is 4.65. The highest BCUT2D eigenvalue weighted by atomic mass is 35.5. The summed E-state index contributed by atoms with van der Waals surface area (Å²) in [5, 5.41) is 0.504. The van der Waals surface area contributed by atoms with Gasteiger partial charge >= 0.3 is 6.18 Å². The molecule has 0 N–H and O–H groups in total. The first kappa shape index (κ1) is 13.0. The lowest BCUT2D eigenvalue weighted by Crippen LogP contribution is -2.05. The van der Waals surface area contributed by atoms with Crippen LogP contribution in [0, 0.1) is 6.92 Å². The molecule has 0 heterocycles. The van der Waals surface area contributed by atoms with E-state index < -0.39 is 11.7 Å². The number of halogens is 4. The number of alkyl halides is 3. The fraction of sp³-hybridized carbons (Fsp3) is 0.143. The van der Waals surface area contributed by atoms with E-state index in [0.29, 0.717) is 16.1 Å². The quantitative estimate of drug-likeness (QED) is 0.657. The Labute approximate surface area is 108 Å². The highest BCUT2D eigenvalue weighted by Crippen LogP contribution is 2.34. The molecule has 0 aromatic heterocycles. The van der Waals surface area contributed by atoms with Crippen molar-refractivity contribution in [3.05, 3.63) is 58.6 Å². The average molecular weight is 271 g/mol. The molecule has 0 aliphatic heterocycles. The van der Waals surface area contributed by atoms with E-state index in [0.717, 1.165) is 17.7 Å².